The summed E-state index contributed by atoms with van der Waals surface area (Å²) in [5.41, 5.74) is 20.2. The van der Waals surface area contributed by atoms with Gasteiger partial charge in [-0.1, -0.05) is 6.42 Å². The number of nitrogens with two attached hydrogens (primary N) is 4. The Morgan fingerprint density at radius 1 is 0.769 bits per heavy atom. The Bertz CT molecular complexity index is 382. The standard InChI is InChI=1S/C6H14N2O2.2C4H9NO3/c7-4-2-1-3-5(8)6(9)10;2*1-2(6)3(5)4(7)8/h5H,1-4,7-8H2,(H,9,10);2*2-3,6H,5H2,1H3,(H,7,8). The molecule has 5 atom stereocenters. The molecule has 0 aromatic rings. The van der Waals surface area contributed by atoms with Crippen molar-refractivity contribution in [2.45, 2.75) is 63.4 Å². The van der Waals surface area contributed by atoms with E-state index in [1.807, 2.05) is 0 Å². The zero-order valence-electron chi connectivity index (χ0n) is 15.0. The maximum Gasteiger partial charge on any atom is 0.323 e. The van der Waals surface area contributed by atoms with E-state index in [1.165, 1.54) is 13.8 Å². The molecule has 0 rings (SSSR count). The maximum atomic E-state index is 10.1. The highest BCUT2D eigenvalue weighted by Crippen LogP contribution is 1.97. The lowest BCUT2D eigenvalue weighted by Gasteiger charge is -2.07. The third-order valence-electron chi connectivity index (χ3n) is 2.90. The lowest BCUT2D eigenvalue weighted by molar-refractivity contribution is -0.141. The number of aliphatic carboxylic acids is 3. The van der Waals surface area contributed by atoms with Gasteiger partial charge in [0, 0.05) is 0 Å². The third kappa shape index (κ3) is 18.5. The zero-order chi connectivity index (χ0) is 21.4. The first-order chi connectivity index (χ1) is 11.8. The molecule has 12 nitrogen and oxygen atoms in total. The van der Waals surface area contributed by atoms with E-state index < -0.39 is 48.2 Å². The van der Waals surface area contributed by atoms with Gasteiger partial charge in [0.05, 0.1) is 12.2 Å². The molecule has 0 aromatic carbocycles. The number of unbranched alkanes of at least 4 members (excludes halogenated alkanes) is 1. The Morgan fingerprint density at radius 2 is 1.12 bits per heavy atom. The molecular formula is C14H32N4O8. The molecule has 0 aliphatic heterocycles. The predicted molar refractivity (Wildman–Crippen MR) is 93.1 cm³/mol. The van der Waals surface area contributed by atoms with Crippen LogP contribution in [0.25, 0.3) is 0 Å². The highest BCUT2D eigenvalue weighted by molar-refractivity contribution is 5.74. The summed E-state index contributed by atoms with van der Waals surface area (Å²) in [6.07, 6.45) is 0.206. The van der Waals surface area contributed by atoms with Crippen LogP contribution in [0, 0.1) is 0 Å². The molecule has 0 radical (unpaired) electrons. The monoisotopic (exact) mass is 384 g/mol. The van der Waals surface area contributed by atoms with E-state index in [2.05, 4.69) is 0 Å². The fourth-order valence-electron chi connectivity index (χ4n) is 1.04. The van der Waals surface area contributed by atoms with Gasteiger partial charge in [0.25, 0.3) is 0 Å². The fourth-order valence-corrected chi connectivity index (χ4v) is 1.04. The summed E-state index contributed by atoms with van der Waals surface area (Å²) < 4.78 is 0. The molecule has 0 aliphatic rings. The molecule has 12 heteroatoms. The zero-order valence-corrected chi connectivity index (χ0v) is 15.0. The molecule has 0 saturated heterocycles. The van der Waals surface area contributed by atoms with Crippen LogP contribution in [0.3, 0.4) is 0 Å². The van der Waals surface area contributed by atoms with E-state index in [1.54, 1.807) is 0 Å². The van der Waals surface area contributed by atoms with Gasteiger partial charge in [0.2, 0.25) is 0 Å². The van der Waals surface area contributed by atoms with Crippen molar-refractivity contribution in [3.05, 3.63) is 0 Å². The first-order valence-electron chi connectivity index (χ1n) is 7.80. The highest BCUT2D eigenvalue weighted by Gasteiger charge is 2.16. The molecular weight excluding hydrogens is 352 g/mol. The second-order valence-electron chi connectivity index (χ2n) is 5.44. The van der Waals surface area contributed by atoms with Gasteiger partial charge in [-0.05, 0) is 33.2 Å². The number of rotatable bonds is 9. The molecule has 0 heterocycles. The van der Waals surface area contributed by atoms with Crippen LogP contribution in [0.4, 0.5) is 0 Å². The van der Waals surface area contributed by atoms with Crippen molar-refractivity contribution in [2.24, 2.45) is 22.9 Å². The highest BCUT2D eigenvalue weighted by atomic mass is 16.4. The third-order valence-corrected chi connectivity index (χ3v) is 2.90. The number of aliphatic hydroxyl groups is 2. The van der Waals surface area contributed by atoms with Crippen LogP contribution in [-0.2, 0) is 14.4 Å². The number of carboxylic acid groups (broad SMARTS) is 3. The molecule has 5 unspecified atom stereocenters. The first-order valence-corrected chi connectivity index (χ1v) is 7.80. The lowest BCUT2D eigenvalue weighted by Crippen LogP contribution is -2.39. The van der Waals surface area contributed by atoms with Crippen molar-refractivity contribution >= 4 is 17.9 Å². The second kappa shape index (κ2) is 16.6. The van der Waals surface area contributed by atoms with Crippen LogP contribution in [0.2, 0.25) is 0 Å². The molecule has 0 spiro atoms. The topological polar surface area (TPSA) is 256 Å². The number of hydrogen-bond acceptors (Lipinski definition) is 9. The van der Waals surface area contributed by atoms with Gasteiger partial charge in [-0.2, -0.15) is 0 Å². The summed E-state index contributed by atoms with van der Waals surface area (Å²) in [5, 5.41) is 41.4. The largest absolute Gasteiger partial charge is 0.480 e. The summed E-state index contributed by atoms with van der Waals surface area (Å²) in [4.78, 5) is 29.8. The summed E-state index contributed by atoms with van der Waals surface area (Å²) in [5.74, 6) is -3.29. The number of hydrogen-bond donors (Lipinski definition) is 9. The average Bonchev–Trinajstić information content (AvgIpc) is 2.54. The number of aliphatic hydroxyl groups excluding tert-OH is 2. The molecule has 0 saturated carbocycles. The normalized spacial score (nSPS) is 15.7. The molecule has 0 bridgehead atoms. The van der Waals surface area contributed by atoms with Gasteiger partial charge in [0.1, 0.15) is 18.1 Å². The second-order valence-corrected chi connectivity index (χ2v) is 5.44. The van der Waals surface area contributed by atoms with Crippen molar-refractivity contribution in [1.82, 2.24) is 0 Å². The summed E-state index contributed by atoms with van der Waals surface area (Å²) in [7, 11) is 0. The maximum absolute atomic E-state index is 10.1. The Kier molecular flexibility index (Phi) is 18.5. The summed E-state index contributed by atoms with van der Waals surface area (Å²) in [6.45, 7) is 3.27. The first kappa shape index (κ1) is 29.0. The van der Waals surface area contributed by atoms with Gasteiger partial charge in [-0.15, -0.1) is 0 Å². The van der Waals surface area contributed by atoms with Gasteiger partial charge < -0.3 is 48.5 Å². The Labute approximate surface area is 151 Å². The Balaban J connectivity index is -0.000000308. The van der Waals surface area contributed by atoms with E-state index >= 15 is 0 Å². The van der Waals surface area contributed by atoms with Crippen molar-refractivity contribution in [1.29, 1.82) is 0 Å². The SMILES string of the molecule is CC(O)C(N)C(=O)O.CC(O)C(N)C(=O)O.NCCCCC(N)C(=O)O. The van der Waals surface area contributed by atoms with Crippen molar-refractivity contribution in [3.63, 3.8) is 0 Å². The molecule has 0 aliphatic carbocycles. The molecule has 156 valence electrons. The Morgan fingerprint density at radius 3 is 1.27 bits per heavy atom. The minimum Gasteiger partial charge on any atom is -0.480 e. The summed E-state index contributed by atoms with van der Waals surface area (Å²) in [6, 6.07) is -3.03. The fraction of sp³-hybridized carbons (Fsp3) is 0.786. The van der Waals surface area contributed by atoms with Crippen molar-refractivity contribution < 1.29 is 39.9 Å². The molecule has 0 aromatic heterocycles. The molecule has 26 heavy (non-hydrogen) atoms. The minimum atomic E-state index is -1.18. The van der Waals surface area contributed by atoms with Crippen LogP contribution in [-0.4, -0.2) is 80.3 Å². The van der Waals surface area contributed by atoms with Crippen LogP contribution in [0.1, 0.15) is 33.1 Å². The van der Waals surface area contributed by atoms with Gasteiger partial charge >= 0.3 is 17.9 Å². The van der Waals surface area contributed by atoms with E-state index in [0.29, 0.717) is 13.0 Å². The quantitative estimate of drug-likeness (QED) is 0.181. The smallest absolute Gasteiger partial charge is 0.323 e. The average molecular weight is 384 g/mol. The van der Waals surface area contributed by atoms with Crippen LogP contribution in [0.5, 0.6) is 0 Å². The number of carbonyl (C=O) groups is 3. The van der Waals surface area contributed by atoms with Gasteiger partial charge in [0.15, 0.2) is 0 Å². The van der Waals surface area contributed by atoms with Crippen molar-refractivity contribution in [2.75, 3.05) is 6.54 Å². The van der Waals surface area contributed by atoms with Gasteiger partial charge in [-0.3, -0.25) is 14.4 Å². The van der Waals surface area contributed by atoms with Crippen LogP contribution in [0.15, 0.2) is 0 Å². The van der Waals surface area contributed by atoms with Crippen LogP contribution < -0.4 is 22.9 Å². The molecule has 0 amide bonds. The molecule has 13 N–H and O–H groups in total. The van der Waals surface area contributed by atoms with Crippen molar-refractivity contribution in [3.8, 4) is 0 Å². The van der Waals surface area contributed by atoms with Gasteiger partial charge in [-0.25, -0.2) is 0 Å². The minimum absolute atomic E-state index is 0.520. The van der Waals surface area contributed by atoms with Crippen LogP contribution >= 0.6 is 0 Å². The van der Waals surface area contributed by atoms with E-state index in [0.717, 1.165) is 12.8 Å². The molecule has 0 fully saturated rings. The van der Waals surface area contributed by atoms with E-state index in [-0.39, 0.29) is 0 Å². The lowest BCUT2D eigenvalue weighted by atomic mass is 10.1. The summed E-state index contributed by atoms with van der Waals surface area (Å²) >= 11 is 0. The Hall–Kier alpha value is -1.83. The predicted octanol–water partition coefficient (Wildman–Crippen LogP) is -2.91. The van der Waals surface area contributed by atoms with E-state index in [9.17, 15) is 14.4 Å². The van der Waals surface area contributed by atoms with E-state index in [4.69, 9.17) is 48.5 Å². The number of carboxylic acids is 3.